The van der Waals surface area contributed by atoms with Crippen LogP contribution in [-0.2, 0) is 16.1 Å². The van der Waals surface area contributed by atoms with E-state index < -0.39 is 5.54 Å². The Morgan fingerprint density at radius 1 is 1.22 bits per heavy atom. The molecule has 1 aromatic heterocycles. The van der Waals surface area contributed by atoms with E-state index in [-0.39, 0.29) is 29.7 Å². The van der Waals surface area contributed by atoms with E-state index in [2.05, 4.69) is 22.2 Å². The topological polar surface area (TPSA) is 90.8 Å². The van der Waals surface area contributed by atoms with E-state index in [0.717, 1.165) is 38.9 Å². The number of urea groups is 1. The third-order valence-electron chi connectivity index (χ3n) is 7.30. The summed E-state index contributed by atoms with van der Waals surface area (Å²) < 4.78 is 1.79. The number of nitrogens with zero attached hydrogens (tertiary/aromatic N) is 5. The zero-order valence-corrected chi connectivity index (χ0v) is 19.3. The molecule has 4 amide bonds. The van der Waals surface area contributed by atoms with E-state index in [0.29, 0.717) is 39.0 Å². The average molecular weight is 445 g/mol. The first-order valence-electron chi connectivity index (χ1n) is 12.0. The lowest BCUT2D eigenvalue weighted by atomic mass is 9.87. The predicted octanol–water partition coefficient (Wildman–Crippen LogP) is 1.55. The van der Waals surface area contributed by atoms with Gasteiger partial charge in [0.05, 0.1) is 12.5 Å². The van der Waals surface area contributed by atoms with Gasteiger partial charge < -0.3 is 15.1 Å². The number of nitrogens with one attached hydrogen (secondary N) is 1. The van der Waals surface area contributed by atoms with Crippen molar-refractivity contribution in [2.45, 2.75) is 58.0 Å². The number of rotatable bonds is 7. The van der Waals surface area contributed by atoms with Crippen LogP contribution in [0, 0.1) is 11.8 Å². The van der Waals surface area contributed by atoms with Gasteiger partial charge in [0.2, 0.25) is 5.91 Å². The Hall–Kier alpha value is -2.42. The number of hydrogen-bond acceptors (Lipinski definition) is 5. The second-order valence-electron chi connectivity index (χ2n) is 9.67. The minimum Gasteiger partial charge on any atom is -0.342 e. The lowest BCUT2D eigenvalue weighted by Crippen LogP contribution is -2.55. The van der Waals surface area contributed by atoms with Crippen LogP contribution < -0.4 is 5.32 Å². The maximum Gasteiger partial charge on any atom is 0.325 e. The number of carbonyl (C=O) groups excluding carboxylic acids is 3. The van der Waals surface area contributed by atoms with Gasteiger partial charge in [0.15, 0.2) is 0 Å². The fourth-order valence-electron chi connectivity index (χ4n) is 5.33. The molecule has 0 aliphatic carbocycles. The molecular formula is C23H36N6O3. The summed E-state index contributed by atoms with van der Waals surface area (Å²) in [5.41, 5.74) is -0.708. The monoisotopic (exact) mass is 444 g/mol. The summed E-state index contributed by atoms with van der Waals surface area (Å²) in [7, 11) is 0. The van der Waals surface area contributed by atoms with E-state index in [1.54, 1.807) is 10.9 Å². The number of likely N-dealkylation sites (tertiary alicyclic amines) is 2. The molecule has 1 spiro atoms. The van der Waals surface area contributed by atoms with Crippen molar-refractivity contribution in [1.29, 1.82) is 0 Å². The number of hydrogen-bond donors (Lipinski definition) is 1. The highest BCUT2D eigenvalue weighted by atomic mass is 16.2. The molecule has 0 unspecified atom stereocenters. The Balaban J connectivity index is 1.26. The number of piperidine rings is 2. The number of carbonyl (C=O) groups is 3. The number of aromatic nitrogens is 2. The highest BCUT2D eigenvalue weighted by Gasteiger charge is 2.52. The SMILES string of the molecule is CCCN1CCC2(CC1)NC(=O)N(CC1CCN(C(=O)[C@H](C)Cn3cccn3)CC1)C2=O. The molecule has 3 saturated heterocycles. The molecule has 32 heavy (non-hydrogen) atoms. The van der Waals surface area contributed by atoms with Crippen molar-refractivity contribution in [3.8, 4) is 0 Å². The maximum atomic E-state index is 13.2. The standard InChI is InChI=1S/C23H36N6O3/c1-3-10-26-14-7-23(8-15-26)21(31)29(22(32)25-23)17-19-5-12-27(13-6-19)20(30)18(2)16-28-11-4-9-24-28/h4,9,11,18-19H,3,5-8,10,12-17H2,1-2H3,(H,25,32)/t18-/m1/s1. The lowest BCUT2D eigenvalue weighted by molar-refractivity contribution is -0.138. The molecule has 0 saturated carbocycles. The molecule has 1 atom stereocenters. The van der Waals surface area contributed by atoms with Gasteiger partial charge in [0.1, 0.15) is 5.54 Å². The molecule has 4 rings (SSSR count). The number of amides is 4. The van der Waals surface area contributed by atoms with E-state index in [9.17, 15) is 14.4 Å². The molecule has 3 aliphatic heterocycles. The van der Waals surface area contributed by atoms with Gasteiger partial charge in [0.25, 0.3) is 5.91 Å². The van der Waals surface area contributed by atoms with Crippen LogP contribution in [0.5, 0.6) is 0 Å². The largest absolute Gasteiger partial charge is 0.342 e. The maximum absolute atomic E-state index is 13.2. The predicted molar refractivity (Wildman–Crippen MR) is 120 cm³/mol. The second-order valence-corrected chi connectivity index (χ2v) is 9.67. The van der Waals surface area contributed by atoms with E-state index in [1.165, 1.54) is 4.90 Å². The van der Waals surface area contributed by atoms with Gasteiger partial charge in [-0.3, -0.25) is 19.2 Å². The quantitative estimate of drug-likeness (QED) is 0.645. The zero-order chi connectivity index (χ0) is 22.7. The summed E-state index contributed by atoms with van der Waals surface area (Å²) >= 11 is 0. The summed E-state index contributed by atoms with van der Waals surface area (Å²) in [6.45, 7) is 9.22. The zero-order valence-electron chi connectivity index (χ0n) is 19.3. The van der Waals surface area contributed by atoms with Gasteiger partial charge in [-0.2, -0.15) is 5.10 Å². The third-order valence-corrected chi connectivity index (χ3v) is 7.30. The molecule has 3 fully saturated rings. The van der Waals surface area contributed by atoms with Gasteiger partial charge in [-0.1, -0.05) is 13.8 Å². The van der Waals surface area contributed by atoms with Crippen molar-refractivity contribution >= 4 is 17.8 Å². The molecule has 0 bridgehead atoms. The van der Waals surface area contributed by atoms with Crippen LogP contribution in [0.25, 0.3) is 0 Å². The highest BCUT2D eigenvalue weighted by Crippen LogP contribution is 2.31. The Morgan fingerprint density at radius 3 is 2.56 bits per heavy atom. The summed E-state index contributed by atoms with van der Waals surface area (Å²) in [5, 5.41) is 7.21. The first-order chi connectivity index (χ1) is 15.4. The fourth-order valence-corrected chi connectivity index (χ4v) is 5.33. The van der Waals surface area contributed by atoms with Crippen molar-refractivity contribution in [3.63, 3.8) is 0 Å². The lowest BCUT2D eigenvalue weighted by Gasteiger charge is -2.37. The Bertz CT molecular complexity index is 810. The summed E-state index contributed by atoms with van der Waals surface area (Å²) in [5.74, 6) is 0.207. The third kappa shape index (κ3) is 4.67. The van der Waals surface area contributed by atoms with Crippen molar-refractivity contribution in [2.24, 2.45) is 11.8 Å². The van der Waals surface area contributed by atoms with Crippen molar-refractivity contribution < 1.29 is 14.4 Å². The van der Waals surface area contributed by atoms with Crippen LogP contribution in [0.4, 0.5) is 4.79 Å². The van der Waals surface area contributed by atoms with Crippen LogP contribution in [-0.4, -0.2) is 87.1 Å². The van der Waals surface area contributed by atoms with Crippen LogP contribution in [0.1, 0.15) is 46.0 Å². The van der Waals surface area contributed by atoms with Crippen molar-refractivity contribution in [2.75, 3.05) is 39.3 Å². The summed E-state index contributed by atoms with van der Waals surface area (Å²) in [6.07, 6.45) is 7.70. The molecule has 1 N–H and O–H groups in total. The molecule has 0 radical (unpaired) electrons. The van der Waals surface area contributed by atoms with E-state index in [4.69, 9.17) is 0 Å². The summed E-state index contributed by atoms with van der Waals surface area (Å²) in [6, 6.07) is 1.61. The highest BCUT2D eigenvalue weighted by molar-refractivity contribution is 6.07. The summed E-state index contributed by atoms with van der Waals surface area (Å²) in [4.78, 5) is 44.4. The molecular weight excluding hydrogens is 408 g/mol. The first kappa shape index (κ1) is 22.8. The van der Waals surface area contributed by atoms with Crippen LogP contribution in [0.15, 0.2) is 18.5 Å². The minimum absolute atomic E-state index is 0.0509. The normalized spacial score (nSPS) is 23.1. The van der Waals surface area contributed by atoms with Gasteiger partial charge in [-0.25, -0.2) is 4.79 Å². The Labute approximate surface area is 190 Å². The smallest absolute Gasteiger partial charge is 0.325 e. The molecule has 9 nitrogen and oxygen atoms in total. The number of imide groups is 1. The fraction of sp³-hybridized carbons (Fsp3) is 0.739. The molecule has 176 valence electrons. The van der Waals surface area contributed by atoms with Crippen LogP contribution >= 0.6 is 0 Å². The van der Waals surface area contributed by atoms with Gasteiger partial charge >= 0.3 is 6.03 Å². The Kier molecular flexibility index (Phi) is 6.83. The average Bonchev–Trinajstić information content (AvgIpc) is 3.38. The minimum atomic E-state index is -0.708. The Morgan fingerprint density at radius 2 is 1.94 bits per heavy atom. The first-order valence-corrected chi connectivity index (χ1v) is 12.0. The van der Waals surface area contributed by atoms with Crippen molar-refractivity contribution in [1.82, 2.24) is 29.8 Å². The molecule has 4 heterocycles. The van der Waals surface area contributed by atoms with Gasteiger partial charge in [-0.15, -0.1) is 0 Å². The van der Waals surface area contributed by atoms with Crippen LogP contribution in [0.2, 0.25) is 0 Å². The van der Waals surface area contributed by atoms with Gasteiger partial charge in [0, 0.05) is 45.1 Å². The molecule has 0 aromatic carbocycles. The van der Waals surface area contributed by atoms with Crippen molar-refractivity contribution in [3.05, 3.63) is 18.5 Å². The molecule has 3 aliphatic rings. The van der Waals surface area contributed by atoms with Crippen LogP contribution in [0.3, 0.4) is 0 Å². The van der Waals surface area contributed by atoms with Gasteiger partial charge in [-0.05, 0) is 50.6 Å². The van der Waals surface area contributed by atoms with E-state index >= 15 is 0 Å². The molecule has 1 aromatic rings. The van der Waals surface area contributed by atoms with E-state index in [1.807, 2.05) is 24.1 Å². The second kappa shape index (κ2) is 9.60. The molecule has 9 heteroatoms.